The summed E-state index contributed by atoms with van der Waals surface area (Å²) in [6, 6.07) is 6.85. The maximum atomic E-state index is 11.9. The van der Waals surface area contributed by atoms with Gasteiger partial charge in [0.1, 0.15) is 5.75 Å². The van der Waals surface area contributed by atoms with Crippen molar-refractivity contribution in [2.45, 2.75) is 0 Å². The summed E-state index contributed by atoms with van der Waals surface area (Å²) in [6.07, 6.45) is 0. The molecule has 1 amide bonds. The van der Waals surface area contributed by atoms with Gasteiger partial charge in [0.05, 0.1) is 7.11 Å². The molecule has 0 fully saturated rings. The molecule has 1 rings (SSSR count). The summed E-state index contributed by atoms with van der Waals surface area (Å²) in [4.78, 5) is 13.9. The predicted octanol–water partition coefficient (Wildman–Crippen LogP) is 0.861. The van der Waals surface area contributed by atoms with E-state index >= 15 is 0 Å². The predicted molar refractivity (Wildman–Crippen MR) is 79.6 cm³/mol. The number of nitrogens with zero attached hydrogens (tertiary/aromatic N) is 1. The Bertz CT molecular complexity index is 432. The third-order valence-corrected chi connectivity index (χ3v) is 2.67. The standard InChI is InChI=1S/C13H19N3O2S/c1-16(2)9-8-14-13(19)15-12(17)10-4-6-11(18-3)7-5-10/h4-7H,8-9H2,1-3H3,(H2,14,15,17,19). The van der Waals surface area contributed by atoms with Crippen LogP contribution in [0.5, 0.6) is 5.75 Å². The number of benzene rings is 1. The summed E-state index contributed by atoms with van der Waals surface area (Å²) in [5, 5.41) is 5.94. The Morgan fingerprint density at radius 2 is 1.95 bits per heavy atom. The lowest BCUT2D eigenvalue weighted by molar-refractivity contribution is 0.0976. The largest absolute Gasteiger partial charge is 0.497 e. The van der Waals surface area contributed by atoms with Gasteiger partial charge < -0.3 is 15.0 Å². The fraction of sp³-hybridized carbons (Fsp3) is 0.385. The fourth-order valence-corrected chi connectivity index (χ4v) is 1.55. The second-order valence-corrected chi connectivity index (χ2v) is 4.65. The van der Waals surface area contributed by atoms with Crippen LogP contribution in [0.15, 0.2) is 24.3 Å². The molecule has 0 heterocycles. The van der Waals surface area contributed by atoms with Gasteiger partial charge in [0.25, 0.3) is 5.91 Å². The number of carbonyl (C=O) groups excluding carboxylic acids is 1. The number of hydrogen-bond acceptors (Lipinski definition) is 4. The van der Waals surface area contributed by atoms with Gasteiger partial charge >= 0.3 is 0 Å². The number of hydrogen-bond donors (Lipinski definition) is 2. The zero-order valence-electron chi connectivity index (χ0n) is 11.4. The summed E-state index contributed by atoms with van der Waals surface area (Å²) >= 11 is 5.04. The van der Waals surface area contributed by atoms with E-state index < -0.39 is 0 Å². The highest BCUT2D eigenvalue weighted by Gasteiger charge is 2.07. The molecule has 0 aliphatic carbocycles. The summed E-state index contributed by atoms with van der Waals surface area (Å²) in [5.74, 6) is 0.480. The quantitative estimate of drug-likeness (QED) is 0.784. The SMILES string of the molecule is COc1ccc(C(=O)NC(=S)NCCN(C)C)cc1. The molecular formula is C13H19N3O2S. The maximum absolute atomic E-state index is 11.9. The monoisotopic (exact) mass is 281 g/mol. The first-order valence-electron chi connectivity index (χ1n) is 5.91. The van der Waals surface area contributed by atoms with E-state index in [4.69, 9.17) is 17.0 Å². The number of rotatable bonds is 5. The van der Waals surface area contributed by atoms with Crippen LogP contribution in [0.3, 0.4) is 0 Å². The molecule has 104 valence electrons. The van der Waals surface area contributed by atoms with Gasteiger partial charge in [-0.1, -0.05) is 0 Å². The van der Waals surface area contributed by atoms with Crippen LogP contribution in [-0.2, 0) is 0 Å². The molecule has 0 aliphatic heterocycles. The van der Waals surface area contributed by atoms with Gasteiger partial charge in [0, 0.05) is 18.7 Å². The summed E-state index contributed by atoms with van der Waals surface area (Å²) in [5.41, 5.74) is 0.539. The van der Waals surface area contributed by atoms with Gasteiger partial charge in [-0.25, -0.2) is 0 Å². The van der Waals surface area contributed by atoms with E-state index in [-0.39, 0.29) is 5.91 Å². The third kappa shape index (κ3) is 5.67. The second-order valence-electron chi connectivity index (χ2n) is 4.24. The molecule has 19 heavy (non-hydrogen) atoms. The molecule has 0 atom stereocenters. The number of nitrogens with one attached hydrogen (secondary N) is 2. The van der Waals surface area contributed by atoms with Gasteiger partial charge in [0.2, 0.25) is 0 Å². The van der Waals surface area contributed by atoms with Gasteiger partial charge in [-0.05, 0) is 50.6 Å². The fourth-order valence-electron chi connectivity index (χ4n) is 1.35. The normalized spacial score (nSPS) is 10.1. The van der Waals surface area contributed by atoms with E-state index in [0.29, 0.717) is 23.0 Å². The second kappa shape index (κ2) is 7.70. The molecule has 1 aromatic carbocycles. The first-order chi connectivity index (χ1) is 9.02. The van der Waals surface area contributed by atoms with Crippen molar-refractivity contribution in [3.63, 3.8) is 0 Å². The Morgan fingerprint density at radius 3 is 2.47 bits per heavy atom. The number of thiocarbonyl (C=S) groups is 1. The third-order valence-electron chi connectivity index (χ3n) is 2.42. The van der Waals surface area contributed by atoms with E-state index in [1.54, 1.807) is 31.4 Å². The maximum Gasteiger partial charge on any atom is 0.257 e. The Hall–Kier alpha value is -1.66. The number of methoxy groups -OCH3 is 1. The summed E-state index contributed by atoms with van der Waals surface area (Å²) < 4.78 is 5.03. The molecule has 0 unspecified atom stereocenters. The minimum absolute atomic E-state index is 0.231. The van der Waals surface area contributed by atoms with Crippen LogP contribution >= 0.6 is 12.2 Å². The Kier molecular flexibility index (Phi) is 6.24. The number of likely N-dealkylation sites (N-methyl/N-ethyl adjacent to an activating group) is 1. The van der Waals surface area contributed by atoms with Gasteiger partial charge in [0.15, 0.2) is 5.11 Å². The van der Waals surface area contributed by atoms with Crippen molar-refractivity contribution >= 4 is 23.2 Å². The zero-order valence-corrected chi connectivity index (χ0v) is 12.2. The average Bonchev–Trinajstić information content (AvgIpc) is 2.38. The van der Waals surface area contributed by atoms with E-state index in [0.717, 1.165) is 6.54 Å². The van der Waals surface area contributed by atoms with Crippen molar-refractivity contribution in [3.8, 4) is 5.75 Å². The number of carbonyl (C=O) groups is 1. The number of amides is 1. The molecule has 0 aliphatic rings. The van der Waals surface area contributed by atoms with Crippen LogP contribution in [0.2, 0.25) is 0 Å². The molecule has 2 N–H and O–H groups in total. The minimum Gasteiger partial charge on any atom is -0.497 e. The average molecular weight is 281 g/mol. The van der Waals surface area contributed by atoms with Crippen LogP contribution in [0.1, 0.15) is 10.4 Å². The highest BCUT2D eigenvalue weighted by atomic mass is 32.1. The molecule has 0 bridgehead atoms. The van der Waals surface area contributed by atoms with Crippen LogP contribution in [-0.4, -0.2) is 50.2 Å². The Balaban J connectivity index is 2.42. The van der Waals surface area contributed by atoms with Crippen molar-refractivity contribution in [2.75, 3.05) is 34.3 Å². The number of ether oxygens (including phenoxy) is 1. The lowest BCUT2D eigenvalue weighted by Crippen LogP contribution is -2.41. The Morgan fingerprint density at radius 1 is 1.32 bits per heavy atom. The molecule has 6 heteroatoms. The summed E-state index contributed by atoms with van der Waals surface area (Å²) in [6.45, 7) is 1.53. The lowest BCUT2D eigenvalue weighted by atomic mass is 10.2. The van der Waals surface area contributed by atoms with E-state index in [9.17, 15) is 4.79 Å². The lowest BCUT2D eigenvalue weighted by Gasteiger charge is -2.12. The molecule has 0 saturated heterocycles. The van der Waals surface area contributed by atoms with Crippen LogP contribution in [0.25, 0.3) is 0 Å². The highest BCUT2D eigenvalue weighted by Crippen LogP contribution is 2.10. The van der Waals surface area contributed by atoms with Crippen molar-refractivity contribution in [3.05, 3.63) is 29.8 Å². The molecule has 0 saturated carbocycles. The first kappa shape index (κ1) is 15.4. The first-order valence-corrected chi connectivity index (χ1v) is 6.31. The molecule has 5 nitrogen and oxygen atoms in total. The van der Waals surface area contributed by atoms with Crippen LogP contribution in [0, 0.1) is 0 Å². The molecule has 0 radical (unpaired) electrons. The Labute approximate surface area is 118 Å². The van der Waals surface area contributed by atoms with E-state index in [1.165, 1.54) is 0 Å². The van der Waals surface area contributed by atoms with Crippen molar-refractivity contribution < 1.29 is 9.53 Å². The smallest absolute Gasteiger partial charge is 0.257 e. The minimum atomic E-state index is -0.231. The van der Waals surface area contributed by atoms with Gasteiger partial charge in [-0.3, -0.25) is 10.1 Å². The molecule has 0 aromatic heterocycles. The van der Waals surface area contributed by atoms with Crippen molar-refractivity contribution in [2.24, 2.45) is 0 Å². The topological polar surface area (TPSA) is 53.6 Å². The highest BCUT2D eigenvalue weighted by molar-refractivity contribution is 7.80. The van der Waals surface area contributed by atoms with Crippen LogP contribution < -0.4 is 15.4 Å². The van der Waals surface area contributed by atoms with Crippen molar-refractivity contribution in [1.29, 1.82) is 0 Å². The molecule has 0 spiro atoms. The van der Waals surface area contributed by atoms with Gasteiger partial charge in [-0.15, -0.1) is 0 Å². The zero-order chi connectivity index (χ0) is 14.3. The molecule has 1 aromatic rings. The van der Waals surface area contributed by atoms with E-state index in [1.807, 2.05) is 19.0 Å². The molecular weight excluding hydrogens is 262 g/mol. The summed E-state index contributed by atoms with van der Waals surface area (Å²) in [7, 11) is 5.53. The van der Waals surface area contributed by atoms with Gasteiger partial charge in [-0.2, -0.15) is 0 Å². The van der Waals surface area contributed by atoms with Crippen molar-refractivity contribution in [1.82, 2.24) is 15.5 Å². The van der Waals surface area contributed by atoms with E-state index in [2.05, 4.69) is 10.6 Å². The van der Waals surface area contributed by atoms with Crippen LogP contribution in [0.4, 0.5) is 0 Å².